The number of rotatable bonds is 7. The van der Waals surface area contributed by atoms with E-state index in [1.165, 1.54) is 19.2 Å². The number of hydrogen-bond donors (Lipinski definition) is 1. The van der Waals surface area contributed by atoms with Crippen LogP contribution in [0.15, 0.2) is 48.5 Å². The summed E-state index contributed by atoms with van der Waals surface area (Å²) in [6, 6.07) is 19.0. The van der Waals surface area contributed by atoms with Crippen molar-refractivity contribution in [1.82, 2.24) is 10.2 Å². The van der Waals surface area contributed by atoms with E-state index in [-0.39, 0.29) is 23.7 Å². The van der Waals surface area contributed by atoms with Crippen molar-refractivity contribution in [3.63, 3.8) is 0 Å². The van der Waals surface area contributed by atoms with Crippen LogP contribution in [0.1, 0.15) is 43.2 Å². The van der Waals surface area contributed by atoms with Crippen molar-refractivity contribution in [2.24, 2.45) is 17.8 Å². The van der Waals surface area contributed by atoms with Crippen molar-refractivity contribution in [3.8, 4) is 12.1 Å². The highest BCUT2D eigenvalue weighted by Crippen LogP contribution is 2.50. The Kier molecular flexibility index (Phi) is 8.04. The van der Waals surface area contributed by atoms with Crippen LogP contribution in [0.3, 0.4) is 0 Å². The molecule has 1 N–H and O–H groups in total. The standard InChI is InChI=1S/C31H36FN5O2/c1-39-30(38)35-29-7-3-6-28(29)31(21-34,25-4-2-5-26(32)16-25)24-12-14-36(15-13-24)18-23-19-37(20-23)27-10-8-22(17-33)9-11-27/h2,4-5,8-11,16,23-24,28-29H,3,6-7,12-15,18-20H2,1H3,(H,35,38). The zero-order valence-corrected chi connectivity index (χ0v) is 22.5. The van der Waals surface area contributed by atoms with Crippen LogP contribution >= 0.6 is 0 Å². The number of nitrogens with one attached hydrogen (secondary N) is 1. The van der Waals surface area contributed by atoms with Crippen LogP contribution in [0.5, 0.6) is 0 Å². The van der Waals surface area contributed by atoms with Crippen LogP contribution in [0.4, 0.5) is 14.9 Å². The van der Waals surface area contributed by atoms with Crippen LogP contribution in [0.25, 0.3) is 0 Å². The summed E-state index contributed by atoms with van der Waals surface area (Å²) in [5.74, 6) is 0.219. The summed E-state index contributed by atoms with van der Waals surface area (Å²) in [5, 5.41) is 22.8. The van der Waals surface area contributed by atoms with Gasteiger partial charge in [-0.05, 0) is 86.7 Å². The molecule has 3 aliphatic rings. The Morgan fingerprint density at radius 3 is 2.49 bits per heavy atom. The first-order valence-electron chi connectivity index (χ1n) is 14.0. The van der Waals surface area contributed by atoms with Crippen LogP contribution in [0.2, 0.25) is 0 Å². The molecule has 1 amide bonds. The molecule has 2 saturated heterocycles. The molecule has 5 rings (SSSR count). The van der Waals surface area contributed by atoms with Crippen molar-refractivity contribution in [2.75, 3.05) is 44.7 Å². The first kappa shape index (κ1) is 27.0. The summed E-state index contributed by atoms with van der Waals surface area (Å²) in [5.41, 5.74) is 1.68. The first-order valence-corrected chi connectivity index (χ1v) is 14.0. The smallest absolute Gasteiger partial charge is 0.407 e. The Balaban J connectivity index is 1.26. The summed E-state index contributed by atoms with van der Waals surface area (Å²) in [6.45, 7) is 4.83. The third-order valence-corrected chi connectivity index (χ3v) is 9.14. The molecule has 204 valence electrons. The molecule has 7 nitrogen and oxygen atoms in total. The summed E-state index contributed by atoms with van der Waals surface area (Å²) >= 11 is 0. The van der Waals surface area contributed by atoms with Crippen LogP contribution < -0.4 is 10.2 Å². The van der Waals surface area contributed by atoms with E-state index in [1.54, 1.807) is 6.07 Å². The molecular weight excluding hydrogens is 493 g/mol. The second-order valence-electron chi connectivity index (χ2n) is 11.3. The molecule has 0 aromatic heterocycles. The van der Waals surface area contributed by atoms with Crippen LogP contribution in [-0.2, 0) is 10.2 Å². The average molecular weight is 530 g/mol. The van der Waals surface area contributed by atoms with Crippen LogP contribution in [0, 0.1) is 46.2 Å². The zero-order chi connectivity index (χ0) is 27.4. The minimum Gasteiger partial charge on any atom is -0.453 e. The summed E-state index contributed by atoms with van der Waals surface area (Å²) < 4.78 is 19.3. The van der Waals surface area contributed by atoms with Gasteiger partial charge >= 0.3 is 6.09 Å². The van der Waals surface area contributed by atoms with Crippen molar-refractivity contribution in [2.45, 2.75) is 43.6 Å². The molecule has 8 heteroatoms. The predicted octanol–water partition coefficient (Wildman–Crippen LogP) is 4.83. The summed E-state index contributed by atoms with van der Waals surface area (Å²) in [4.78, 5) is 17.0. The van der Waals surface area contributed by atoms with Gasteiger partial charge in [-0.15, -0.1) is 0 Å². The van der Waals surface area contributed by atoms with Crippen molar-refractivity contribution in [3.05, 3.63) is 65.5 Å². The molecule has 39 heavy (non-hydrogen) atoms. The molecule has 2 heterocycles. The maximum absolute atomic E-state index is 14.5. The topological polar surface area (TPSA) is 92.4 Å². The van der Waals surface area contributed by atoms with Crippen LogP contribution in [-0.4, -0.2) is 56.9 Å². The lowest BCUT2D eigenvalue weighted by molar-refractivity contribution is 0.0938. The molecule has 3 unspecified atom stereocenters. The predicted molar refractivity (Wildman–Crippen MR) is 146 cm³/mol. The second kappa shape index (κ2) is 11.6. The Bertz CT molecular complexity index is 1240. The molecule has 1 aliphatic carbocycles. The van der Waals surface area contributed by atoms with Crippen molar-refractivity contribution in [1.29, 1.82) is 10.5 Å². The lowest BCUT2D eigenvalue weighted by atomic mass is 9.59. The van der Waals surface area contributed by atoms with Gasteiger partial charge in [-0.3, -0.25) is 0 Å². The molecular formula is C31H36FN5O2. The van der Waals surface area contributed by atoms with E-state index in [0.717, 1.165) is 76.1 Å². The number of anilines is 1. The van der Waals surface area contributed by atoms with Gasteiger partial charge in [0, 0.05) is 43.2 Å². The Morgan fingerprint density at radius 2 is 1.85 bits per heavy atom. The van der Waals surface area contributed by atoms with Gasteiger partial charge in [-0.1, -0.05) is 18.6 Å². The fourth-order valence-corrected chi connectivity index (χ4v) is 7.20. The third-order valence-electron chi connectivity index (χ3n) is 9.14. The Hall–Kier alpha value is -3.62. The van der Waals surface area contributed by atoms with Gasteiger partial charge in [0.25, 0.3) is 0 Å². The Labute approximate surface area is 230 Å². The van der Waals surface area contributed by atoms with E-state index in [9.17, 15) is 14.4 Å². The molecule has 3 atom stereocenters. The summed E-state index contributed by atoms with van der Waals surface area (Å²) in [6.07, 6.45) is 3.74. The first-order chi connectivity index (χ1) is 19.0. The summed E-state index contributed by atoms with van der Waals surface area (Å²) in [7, 11) is 1.35. The number of hydrogen-bond acceptors (Lipinski definition) is 6. The van der Waals surface area contributed by atoms with Gasteiger partial charge in [-0.2, -0.15) is 10.5 Å². The largest absolute Gasteiger partial charge is 0.453 e. The monoisotopic (exact) mass is 529 g/mol. The third kappa shape index (κ3) is 5.44. The fourth-order valence-electron chi connectivity index (χ4n) is 7.20. The van der Waals surface area contributed by atoms with Gasteiger partial charge in [0.2, 0.25) is 0 Å². The number of nitrogens with zero attached hydrogens (tertiary/aromatic N) is 4. The number of carbonyl (C=O) groups excluding carboxylic acids is 1. The highest BCUT2D eigenvalue weighted by Gasteiger charge is 2.52. The van der Waals surface area contributed by atoms with Gasteiger partial charge in [0.15, 0.2) is 0 Å². The number of benzene rings is 2. The number of piperidine rings is 1. The van der Waals surface area contributed by atoms with E-state index in [1.807, 2.05) is 30.3 Å². The minimum atomic E-state index is -0.876. The average Bonchev–Trinajstić information content (AvgIpc) is 3.40. The van der Waals surface area contributed by atoms with Gasteiger partial charge in [-0.25, -0.2) is 9.18 Å². The minimum absolute atomic E-state index is 0.0714. The van der Waals surface area contributed by atoms with E-state index in [4.69, 9.17) is 10.00 Å². The molecule has 0 spiro atoms. The fraction of sp³-hybridized carbons (Fsp3) is 0.516. The zero-order valence-electron chi connectivity index (χ0n) is 22.5. The number of halogens is 1. The van der Waals surface area contributed by atoms with Gasteiger partial charge < -0.3 is 19.9 Å². The number of alkyl carbamates (subject to hydrolysis) is 1. The number of carbonyl (C=O) groups is 1. The number of amides is 1. The molecule has 0 bridgehead atoms. The maximum Gasteiger partial charge on any atom is 0.407 e. The second-order valence-corrected chi connectivity index (χ2v) is 11.3. The molecule has 1 saturated carbocycles. The van der Waals surface area contributed by atoms with E-state index < -0.39 is 11.5 Å². The molecule has 0 radical (unpaired) electrons. The maximum atomic E-state index is 14.5. The lowest BCUT2D eigenvalue weighted by Crippen LogP contribution is -2.55. The van der Waals surface area contributed by atoms with E-state index in [0.29, 0.717) is 11.5 Å². The number of nitriles is 2. The van der Waals surface area contributed by atoms with E-state index >= 15 is 0 Å². The number of likely N-dealkylation sites (tertiary alicyclic amines) is 1. The van der Waals surface area contributed by atoms with Crippen molar-refractivity contribution < 1.29 is 13.9 Å². The van der Waals surface area contributed by atoms with E-state index in [2.05, 4.69) is 27.3 Å². The quantitative estimate of drug-likeness (QED) is 0.552. The van der Waals surface area contributed by atoms with Gasteiger partial charge in [0.1, 0.15) is 5.82 Å². The molecule has 2 aliphatic heterocycles. The lowest BCUT2D eigenvalue weighted by Gasteiger charge is -2.48. The number of ether oxygens (including phenoxy) is 1. The normalized spacial score (nSPS) is 23.7. The molecule has 2 aromatic carbocycles. The molecule has 3 fully saturated rings. The Morgan fingerprint density at radius 1 is 1.10 bits per heavy atom. The van der Waals surface area contributed by atoms with Gasteiger partial charge in [0.05, 0.1) is 30.2 Å². The molecule has 2 aromatic rings. The highest BCUT2D eigenvalue weighted by molar-refractivity contribution is 5.67. The highest BCUT2D eigenvalue weighted by atomic mass is 19.1. The number of methoxy groups -OCH3 is 1. The SMILES string of the molecule is COC(=O)NC1CCCC1C(C#N)(c1cccc(F)c1)C1CCN(CC2CN(c3ccc(C#N)cc3)C2)CC1. The van der Waals surface area contributed by atoms with Crippen molar-refractivity contribution >= 4 is 11.8 Å².